The topological polar surface area (TPSA) is 104 Å². The van der Waals surface area contributed by atoms with Crippen LogP contribution in [0.15, 0.2) is 69.2 Å². The first-order chi connectivity index (χ1) is 13.9. The van der Waals surface area contributed by atoms with E-state index >= 15 is 0 Å². The lowest BCUT2D eigenvalue weighted by molar-refractivity contribution is -0.110. The zero-order valence-corrected chi connectivity index (χ0v) is 17.4. The molecule has 1 atom stereocenters. The first-order valence-electron chi connectivity index (χ1n) is 8.75. The van der Waals surface area contributed by atoms with E-state index in [9.17, 15) is 9.18 Å². The van der Waals surface area contributed by atoms with Gasteiger partial charge in [0.05, 0.1) is 24.0 Å². The number of carbonyl (C=O) groups excluding carboxylic acids is 1. The van der Waals surface area contributed by atoms with E-state index in [2.05, 4.69) is 28.3 Å². The van der Waals surface area contributed by atoms with Crippen molar-refractivity contribution in [2.75, 3.05) is 11.6 Å². The van der Waals surface area contributed by atoms with Crippen molar-refractivity contribution in [2.24, 2.45) is 15.7 Å². The van der Waals surface area contributed by atoms with Crippen molar-refractivity contribution in [3.8, 4) is 6.07 Å². The Hall–Kier alpha value is -3.18. The zero-order valence-electron chi connectivity index (χ0n) is 16.6. The van der Waals surface area contributed by atoms with Crippen LogP contribution < -0.4 is 11.1 Å². The Morgan fingerprint density at radius 2 is 2.14 bits per heavy atom. The van der Waals surface area contributed by atoms with Crippen LogP contribution in [0.1, 0.15) is 20.3 Å². The van der Waals surface area contributed by atoms with Gasteiger partial charge in [0.2, 0.25) is 0 Å². The lowest BCUT2D eigenvalue weighted by atomic mass is 10.2. The van der Waals surface area contributed by atoms with Gasteiger partial charge < -0.3 is 11.1 Å². The molecule has 1 unspecified atom stereocenters. The smallest absolute Gasteiger partial charge is 0.274 e. The Kier molecular flexibility index (Phi) is 10.8. The fourth-order valence-electron chi connectivity index (χ4n) is 2.06. The number of allylic oxidation sites excluding steroid dienone is 3. The standard InChI is InChI=1S/C14H10FN3O.C7H14N2S/c15-11-4-6-12(7-5-11)18-14(19)13-3-1-2-10(8-16)9-17-13;1-6(9-5-8)4-7(2)10-3/h1,3-7,9H,2H2,(H,18,19);4-6H,1-3H3,(H2,8,9)/b;7-4-. The monoisotopic (exact) mass is 413 g/mol. The molecule has 0 aromatic heterocycles. The lowest BCUT2D eigenvalue weighted by Crippen LogP contribution is -2.20. The van der Waals surface area contributed by atoms with Crippen molar-refractivity contribution < 1.29 is 9.18 Å². The minimum atomic E-state index is -0.404. The van der Waals surface area contributed by atoms with Gasteiger partial charge in [-0.25, -0.2) is 4.39 Å². The van der Waals surface area contributed by atoms with Crippen molar-refractivity contribution in [1.82, 2.24) is 0 Å². The number of nitrogens with zero attached hydrogens (tertiary/aromatic N) is 3. The van der Waals surface area contributed by atoms with Gasteiger partial charge in [-0.05, 0) is 55.3 Å². The average molecular weight is 414 g/mol. The molecule has 0 saturated carbocycles. The first-order valence-corrected chi connectivity index (χ1v) is 9.98. The lowest BCUT2D eigenvalue weighted by Gasteiger charge is -2.04. The molecule has 0 radical (unpaired) electrons. The Labute approximate surface area is 174 Å². The first kappa shape index (κ1) is 23.9. The number of amides is 1. The van der Waals surface area contributed by atoms with Crippen LogP contribution in [0.25, 0.3) is 0 Å². The highest BCUT2D eigenvalue weighted by molar-refractivity contribution is 8.02. The van der Waals surface area contributed by atoms with Crippen molar-refractivity contribution in [3.63, 3.8) is 0 Å². The van der Waals surface area contributed by atoms with Crippen LogP contribution in [0.3, 0.4) is 0 Å². The number of thioether (sulfide) groups is 1. The van der Waals surface area contributed by atoms with Crippen molar-refractivity contribution >= 4 is 35.4 Å². The number of nitrogens with two attached hydrogens (primary N) is 1. The molecule has 3 N–H and O–H groups in total. The van der Waals surface area contributed by atoms with E-state index in [4.69, 9.17) is 11.0 Å². The quantitative estimate of drug-likeness (QED) is 0.557. The van der Waals surface area contributed by atoms with E-state index in [0.717, 1.165) is 0 Å². The molecule has 0 saturated heterocycles. The van der Waals surface area contributed by atoms with E-state index in [-0.39, 0.29) is 17.6 Å². The number of hydrogen-bond acceptors (Lipinski definition) is 5. The number of halogens is 1. The summed E-state index contributed by atoms with van der Waals surface area (Å²) in [6, 6.07) is 7.64. The fourth-order valence-corrected chi connectivity index (χ4v) is 2.40. The van der Waals surface area contributed by atoms with E-state index in [0.29, 0.717) is 17.7 Å². The molecule has 2 rings (SSSR count). The summed E-state index contributed by atoms with van der Waals surface area (Å²) in [7, 11) is 0. The van der Waals surface area contributed by atoms with Crippen LogP contribution in [0.4, 0.5) is 10.1 Å². The van der Waals surface area contributed by atoms with Gasteiger partial charge in [0.1, 0.15) is 11.5 Å². The largest absolute Gasteiger partial charge is 0.390 e. The second-order valence-corrected chi connectivity index (χ2v) is 6.92. The number of anilines is 1. The van der Waals surface area contributed by atoms with Gasteiger partial charge in [-0.3, -0.25) is 14.8 Å². The van der Waals surface area contributed by atoms with Crippen LogP contribution in [0.2, 0.25) is 0 Å². The third kappa shape index (κ3) is 9.53. The van der Waals surface area contributed by atoms with Gasteiger partial charge in [-0.15, -0.1) is 11.8 Å². The molecule has 6 nitrogen and oxygen atoms in total. The maximum Gasteiger partial charge on any atom is 0.274 e. The molecule has 0 spiro atoms. The summed E-state index contributed by atoms with van der Waals surface area (Å²) in [6.07, 6.45) is 10.5. The highest BCUT2D eigenvalue weighted by Crippen LogP contribution is 2.11. The molecule has 0 bridgehead atoms. The highest BCUT2D eigenvalue weighted by atomic mass is 32.2. The molecule has 1 aliphatic heterocycles. The Bertz CT molecular complexity index is 879. The summed E-state index contributed by atoms with van der Waals surface area (Å²) in [5, 5.41) is 11.3. The number of nitriles is 1. The van der Waals surface area contributed by atoms with Crippen LogP contribution in [0.5, 0.6) is 0 Å². The van der Waals surface area contributed by atoms with Gasteiger partial charge in [-0.1, -0.05) is 12.2 Å². The number of rotatable bonds is 5. The Morgan fingerprint density at radius 3 is 2.72 bits per heavy atom. The van der Waals surface area contributed by atoms with E-state index in [1.54, 1.807) is 23.9 Å². The van der Waals surface area contributed by atoms with Gasteiger partial charge in [0.25, 0.3) is 5.91 Å². The molecular formula is C21H24FN5OS. The van der Waals surface area contributed by atoms with Gasteiger partial charge in [0.15, 0.2) is 0 Å². The third-order valence-corrected chi connectivity index (χ3v) is 4.35. The van der Waals surface area contributed by atoms with Crippen LogP contribution >= 0.6 is 11.8 Å². The van der Waals surface area contributed by atoms with Crippen LogP contribution in [0, 0.1) is 17.1 Å². The molecule has 1 aromatic rings. The molecule has 1 aliphatic rings. The minimum Gasteiger partial charge on any atom is -0.390 e. The molecular weight excluding hydrogens is 389 g/mol. The van der Waals surface area contributed by atoms with Crippen LogP contribution in [-0.4, -0.2) is 30.3 Å². The molecule has 0 fully saturated rings. The van der Waals surface area contributed by atoms with Gasteiger partial charge >= 0.3 is 0 Å². The Morgan fingerprint density at radius 1 is 1.45 bits per heavy atom. The van der Waals surface area contributed by atoms with Crippen LogP contribution in [-0.2, 0) is 4.79 Å². The normalized spacial score (nSPS) is 14.7. The SMILES string of the molecule is CS/C(C)=C\C(C)N=CN.N#CC1=CN=C(C(=O)Nc2ccc(F)cc2)C=CC1. The van der Waals surface area contributed by atoms with Crippen molar-refractivity contribution in [3.05, 3.63) is 65.0 Å². The molecule has 1 amide bonds. The van der Waals surface area contributed by atoms with E-state index in [1.165, 1.54) is 41.7 Å². The number of benzene rings is 1. The van der Waals surface area contributed by atoms with Crippen molar-refractivity contribution in [2.45, 2.75) is 26.3 Å². The number of nitrogens with one attached hydrogen (secondary N) is 1. The second kappa shape index (κ2) is 13.1. The van der Waals surface area contributed by atoms with E-state index in [1.807, 2.05) is 19.2 Å². The summed E-state index contributed by atoms with van der Waals surface area (Å²) in [5.74, 6) is -0.774. The summed E-state index contributed by atoms with van der Waals surface area (Å²) in [6.45, 7) is 4.07. The molecule has 1 aromatic carbocycles. The zero-order chi connectivity index (χ0) is 21.6. The van der Waals surface area contributed by atoms with Gasteiger partial charge in [-0.2, -0.15) is 5.26 Å². The number of hydrogen-bond donors (Lipinski definition) is 2. The fraction of sp³-hybridized carbons (Fsp3) is 0.238. The highest BCUT2D eigenvalue weighted by Gasteiger charge is 2.10. The Balaban J connectivity index is 0.000000359. The number of aliphatic imine (C=N–C) groups is 2. The predicted molar refractivity (Wildman–Crippen MR) is 119 cm³/mol. The summed E-state index contributed by atoms with van der Waals surface area (Å²) in [4.78, 5) is 21.1. The summed E-state index contributed by atoms with van der Waals surface area (Å²) >= 11 is 1.73. The molecule has 152 valence electrons. The number of carbonyl (C=O) groups is 1. The van der Waals surface area contributed by atoms with Gasteiger partial charge in [0, 0.05) is 18.3 Å². The summed E-state index contributed by atoms with van der Waals surface area (Å²) in [5.41, 5.74) is 6.29. The molecule has 8 heteroatoms. The molecule has 0 aliphatic carbocycles. The maximum absolute atomic E-state index is 12.7. The maximum atomic E-state index is 12.7. The van der Waals surface area contributed by atoms with E-state index < -0.39 is 5.91 Å². The third-order valence-electron chi connectivity index (χ3n) is 3.57. The molecule has 29 heavy (non-hydrogen) atoms. The molecule has 1 heterocycles. The second-order valence-electron chi connectivity index (χ2n) is 5.87. The minimum absolute atomic E-state index is 0.203. The summed E-state index contributed by atoms with van der Waals surface area (Å²) < 4.78 is 12.7. The predicted octanol–water partition coefficient (Wildman–Crippen LogP) is 4.20. The van der Waals surface area contributed by atoms with Crippen molar-refractivity contribution in [1.29, 1.82) is 5.26 Å². The average Bonchev–Trinajstić information content (AvgIpc) is 2.96.